The van der Waals surface area contributed by atoms with E-state index in [0.717, 1.165) is 0 Å². The second-order valence-electron chi connectivity index (χ2n) is 6.44. The Labute approximate surface area is 111 Å². The summed E-state index contributed by atoms with van der Waals surface area (Å²) in [6.45, 7) is 13.8. The van der Waals surface area contributed by atoms with Crippen LogP contribution in [0.3, 0.4) is 0 Å². The van der Waals surface area contributed by atoms with E-state index in [1.54, 1.807) is 11.1 Å². The van der Waals surface area contributed by atoms with Crippen LogP contribution in [0.2, 0.25) is 0 Å². The first-order chi connectivity index (χ1) is 8.25. The summed E-state index contributed by atoms with van der Waals surface area (Å²) in [5.74, 6) is 0. The molecule has 0 aromatic heterocycles. The Kier molecular flexibility index (Phi) is 2.05. The quantitative estimate of drug-likeness (QED) is 0.623. The van der Waals surface area contributed by atoms with Crippen LogP contribution >= 0.6 is 0 Å². The Morgan fingerprint density at radius 2 is 1.06 bits per heavy atom. The van der Waals surface area contributed by atoms with Gasteiger partial charge in [-0.25, -0.2) is 0 Å². The molecule has 2 aliphatic rings. The molecule has 0 radical (unpaired) electrons. The standard InChI is InChI=1S/C17H23N/c1-10-11(2)13(4)15-14(12(10)3)16(5)8-9-17(15,6)18(16)7/h8-9H,1-7H3. The van der Waals surface area contributed by atoms with E-state index >= 15 is 0 Å². The van der Waals surface area contributed by atoms with E-state index in [-0.39, 0.29) is 11.1 Å². The van der Waals surface area contributed by atoms with Crippen LogP contribution in [-0.4, -0.2) is 11.9 Å². The Morgan fingerprint density at radius 3 is 1.39 bits per heavy atom. The van der Waals surface area contributed by atoms with Crippen LogP contribution < -0.4 is 0 Å². The smallest absolute Gasteiger partial charge is 0.0631 e. The van der Waals surface area contributed by atoms with E-state index in [1.165, 1.54) is 22.3 Å². The molecule has 0 fully saturated rings. The fraction of sp³-hybridized carbons (Fsp3) is 0.529. The average Bonchev–Trinajstić information content (AvgIpc) is 2.66. The minimum absolute atomic E-state index is 0.0807. The molecule has 0 saturated carbocycles. The van der Waals surface area contributed by atoms with Gasteiger partial charge in [0.2, 0.25) is 0 Å². The molecule has 1 nitrogen and oxygen atoms in total. The molecule has 96 valence electrons. The van der Waals surface area contributed by atoms with Gasteiger partial charge >= 0.3 is 0 Å². The fourth-order valence-electron chi connectivity index (χ4n) is 4.11. The molecule has 2 unspecified atom stereocenters. The SMILES string of the molecule is Cc1c(C)c(C)c2c(c1C)C1(C)C=CC2(C)N1C. The molecule has 1 aromatic rings. The number of hydrogen-bond acceptors (Lipinski definition) is 1. The summed E-state index contributed by atoms with van der Waals surface area (Å²) >= 11 is 0. The zero-order valence-corrected chi connectivity index (χ0v) is 12.6. The van der Waals surface area contributed by atoms with Crippen molar-refractivity contribution in [2.45, 2.75) is 52.6 Å². The Hall–Kier alpha value is -1.08. The number of fused-ring (bicyclic) bond motifs is 5. The lowest BCUT2D eigenvalue weighted by Gasteiger charge is -2.32. The largest absolute Gasteiger partial charge is 0.281 e. The highest BCUT2D eigenvalue weighted by molar-refractivity contribution is 5.63. The monoisotopic (exact) mass is 241 g/mol. The minimum Gasteiger partial charge on any atom is -0.281 e. The molecule has 3 rings (SSSR count). The molecular weight excluding hydrogens is 218 g/mol. The molecule has 2 heterocycles. The third kappa shape index (κ3) is 0.994. The van der Waals surface area contributed by atoms with E-state index in [4.69, 9.17) is 0 Å². The zero-order chi connectivity index (χ0) is 13.5. The van der Waals surface area contributed by atoms with Gasteiger partial charge in [0.25, 0.3) is 0 Å². The third-order valence-corrected chi connectivity index (χ3v) is 5.83. The van der Waals surface area contributed by atoms with E-state index in [1.807, 2.05) is 0 Å². The summed E-state index contributed by atoms with van der Waals surface area (Å²) in [6.07, 6.45) is 4.77. The Morgan fingerprint density at radius 1 is 0.722 bits per heavy atom. The van der Waals surface area contributed by atoms with Crippen molar-refractivity contribution in [3.63, 3.8) is 0 Å². The molecule has 18 heavy (non-hydrogen) atoms. The highest BCUT2D eigenvalue weighted by atomic mass is 15.3. The van der Waals surface area contributed by atoms with Gasteiger partial charge in [-0.1, -0.05) is 12.2 Å². The first-order valence-corrected chi connectivity index (χ1v) is 6.81. The number of benzene rings is 1. The van der Waals surface area contributed by atoms with Gasteiger partial charge in [-0.2, -0.15) is 0 Å². The van der Waals surface area contributed by atoms with Crippen LogP contribution in [0.25, 0.3) is 0 Å². The first kappa shape index (κ1) is 12.0. The van der Waals surface area contributed by atoms with Crippen molar-refractivity contribution in [3.05, 3.63) is 45.5 Å². The van der Waals surface area contributed by atoms with Gasteiger partial charge in [0.15, 0.2) is 0 Å². The Bertz CT molecular complexity index is 545. The normalized spacial score (nSPS) is 33.3. The van der Waals surface area contributed by atoms with Crippen LogP contribution in [0.5, 0.6) is 0 Å². The van der Waals surface area contributed by atoms with Crippen molar-refractivity contribution in [1.29, 1.82) is 0 Å². The summed E-state index contributed by atoms with van der Waals surface area (Å²) in [7, 11) is 2.25. The maximum absolute atomic E-state index is 2.52. The van der Waals surface area contributed by atoms with Gasteiger partial charge in [0.1, 0.15) is 0 Å². The summed E-state index contributed by atoms with van der Waals surface area (Å²) in [5.41, 5.74) is 9.16. The second-order valence-corrected chi connectivity index (χ2v) is 6.44. The van der Waals surface area contributed by atoms with Crippen molar-refractivity contribution in [3.8, 4) is 0 Å². The lowest BCUT2D eigenvalue weighted by molar-refractivity contribution is 0.139. The topological polar surface area (TPSA) is 3.24 Å². The highest BCUT2D eigenvalue weighted by Crippen LogP contribution is 2.57. The van der Waals surface area contributed by atoms with E-state index in [0.29, 0.717) is 0 Å². The van der Waals surface area contributed by atoms with Gasteiger partial charge in [0.05, 0.1) is 11.1 Å². The molecule has 2 atom stereocenters. The lowest BCUT2D eigenvalue weighted by atomic mass is 9.76. The highest BCUT2D eigenvalue weighted by Gasteiger charge is 2.55. The van der Waals surface area contributed by atoms with Crippen LogP contribution in [0.1, 0.15) is 47.2 Å². The molecular formula is C17H23N. The predicted molar refractivity (Wildman–Crippen MR) is 77.0 cm³/mol. The van der Waals surface area contributed by atoms with Crippen LogP contribution in [0.4, 0.5) is 0 Å². The van der Waals surface area contributed by atoms with Crippen molar-refractivity contribution in [2.24, 2.45) is 0 Å². The van der Waals surface area contributed by atoms with Crippen molar-refractivity contribution >= 4 is 0 Å². The molecule has 0 amide bonds. The third-order valence-electron chi connectivity index (χ3n) is 5.83. The van der Waals surface area contributed by atoms with E-state index in [9.17, 15) is 0 Å². The number of likely N-dealkylation sites (N-methyl/N-ethyl adjacent to an activating group) is 1. The summed E-state index contributed by atoms with van der Waals surface area (Å²) in [6, 6.07) is 0. The van der Waals surface area contributed by atoms with Gasteiger partial charge in [-0.15, -0.1) is 0 Å². The van der Waals surface area contributed by atoms with Crippen molar-refractivity contribution < 1.29 is 0 Å². The van der Waals surface area contributed by atoms with Crippen molar-refractivity contribution in [2.75, 3.05) is 7.05 Å². The Balaban J connectivity index is 2.49. The number of hydrogen-bond donors (Lipinski definition) is 0. The maximum atomic E-state index is 2.52. The van der Waals surface area contributed by atoms with Crippen LogP contribution in [0, 0.1) is 27.7 Å². The zero-order valence-electron chi connectivity index (χ0n) is 12.6. The molecule has 2 aliphatic heterocycles. The van der Waals surface area contributed by atoms with Gasteiger partial charge in [-0.3, -0.25) is 4.90 Å². The first-order valence-electron chi connectivity index (χ1n) is 6.81. The van der Waals surface area contributed by atoms with Gasteiger partial charge in [-0.05, 0) is 82.0 Å². The van der Waals surface area contributed by atoms with E-state index in [2.05, 4.69) is 65.6 Å². The second kappa shape index (κ2) is 3.08. The summed E-state index contributed by atoms with van der Waals surface area (Å²) in [4.78, 5) is 2.52. The molecule has 0 N–H and O–H groups in total. The van der Waals surface area contributed by atoms with Crippen LogP contribution in [0.15, 0.2) is 12.2 Å². The molecule has 2 bridgehead atoms. The summed E-state index contributed by atoms with van der Waals surface area (Å²) in [5, 5.41) is 0. The van der Waals surface area contributed by atoms with Crippen LogP contribution in [-0.2, 0) is 11.1 Å². The number of rotatable bonds is 0. The maximum Gasteiger partial charge on any atom is 0.0631 e. The average molecular weight is 241 g/mol. The van der Waals surface area contributed by atoms with Crippen molar-refractivity contribution in [1.82, 2.24) is 4.90 Å². The van der Waals surface area contributed by atoms with Gasteiger partial charge < -0.3 is 0 Å². The van der Waals surface area contributed by atoms with Gasteiger partial charge in [0, 0.05) is 0 Å². The lowest BCUT2D eigenvalue weighted by Crippen LogP contribution is -2.38. The summed E-state index contributed by atoms with van der Waals surface area (Å²) < 4.78 is 0. The molecule has 0 spiro atoms. The minimum atomic E-state index is 0.0807. The molecule has 1 aromatic carbocycles. The van der Waals surface area contributed by atoms with E-state index < -0.39 is 0 Å². The predicted octanol–water partition coefficient (Wildman–Crippen LogP) is 3.87. The molecule has 0 aliphatic carbocycles. The number of nitrogens with zero attached hydrogens (tertiary/aromatic N) is 1. The molecule has 0 saturated heterocycles. The molecule has 1 heteroatoms. The fourth-order valence-corrected chi connectivity index (χ4v) is 4.11.